The molecule has 0 atom stereocenters. The monoisotopic (exact) mass is 241 g/mol. The Morgan fingerprint density at radius 2 is 1.83 bits per heavy atom. The average Bonchev–Trinajstić information content (AvgIpc) is 2.40. The largest absolute Gasteiger partial charge is 0.330 e. The van der Waals surface area contributed by atoms with Crippen molar-refractivity contribution >= 4 is 0 Å². The van der Waals surface area contributed by atoms with Crippen LogP contribution in [-0.4, -0.2) is 16.5 Å². The van der Waals surface area contributed by atoms with Crippen LogP contribution >= 0.6 is 0 Å². The quantitative estimate of drug-likeness (QED) is 0.895. The summed E-state index contributed by atoms with van der Waals surface area (Å²) < 4.78 is 0. The minimum absolute atomic E-state index is 0.420. The van der Waals surface area contributed by atoms with Gasteiger partial charge in [0.1, 0.15) is 0 Å². The summed E-state index contributed by atoms with van der Waals surface area (Å²) in [7, 11) is 0. The zero-order chi connectivity index (χ0) is 13.0. The van der Waals surface area contributed by atoms with Gasteiger partial charge in [-0.25, -0.2) is 9.97 Å². The van der Waals surface area contributed by atoms with Crippen LogP contribution in [0.2, 0.25) is 0 Å². The molecule has 1 heterocycles. The number of hydrogen-bond donors (Lipinski definition) is 1. The van der Waals surface area contributed by atoms with E-state index in [1.54, 1.807) is 0 Å². The zero-order valence-corrected chi connectivity index (χ0v) is 10.9. The molecule has 2 rings (SSSR count). The molecule has 0 bridgehead atoms. The maximum atomic E-state index is 5.54. The van der Waals surface area contributed by atoms with E-state index >= 15 is 0 Å². The molecule has 1 aromatic carbocycles. The molecule has 3 heteroatoms. The molecule has 0 unspecified atom stereocenters. The third-order valence-corrected chi connectivity index (χ3v) is 2.91. The summed E-state index contributed by atoms with van der Waals surface area (Å²) >= 11 is 0. The summed E-state index contributed by atoms with van der Waals surface area (Å²) in [4.78, 5) is 8.91. The third kappa shape index (κ3) is 2.93. The third-order valence-electron chi connectivity index (χ3n) is 2.91. The van der Waals surface area contributed by atoms with E-state index in [2.05, 4.69) is 48.1 Å². The van der Waals surface area contributed by atoms with Crippen molar-refractivity contribution in [2.45, 2.75) is 26.2 Å². The van der Waals surface area contributed by atoms with Crippen LogP contribution in [0.3, 0.4) is 0 Å². The predicted octanol–water partition coefficient (Wildman–Crippen LogP) is 2.77. The first-order valence-corrected chi connectivity index (χ1v) is 6.33. The van der Waals surface area contributed by atoms with Gasteiger partial charge in [0.2, 0.25) is 0 Å². The minimum atomic E-state index is 0.420. The molecule has 0 aliphatic heterocycles. The van der Waals surface area contributed by atoms with Gasteiger partial charge in [-0.05, 0) is 30.5 Å². The van der Waals surface area contributed by atoms with E-state index in [1.165, 1.54) is 5.56 Å². The molecule has 1 aromatic heterocycles. The Bertz CT molecular complexity index is 503. The van der Waals surface area contributed by atoms with Gasteiger partial charge in [0.15, 0.2) is 5.82 Å². The van der Waals surface area contributed by atoms with Crippen LogP contribution in [0, 0.1) is 0 Å². The van der Waals surface area contributed by atoms with Crippen molar-refractivity contribution in [1.82, 2.24) is 9.97 Å². The van der Waals surface area contributed by atoms with E-state index in [0.29, 0.717) is 12.5 Å². The minimum Gasteiger partial charge on any atom is -0.330 e. The topological polar surface area (TPSA) is 51.8 Å². The number of nitrogens with two attached hydrogens (primary N) is 1. The summed E-state index contributed by atoms with van der Waals surface area (Å²) in [6.45, 7) is 4.95. The van der Waals surface area contributed by atoms with Gasteiger partial charge in [-0.2, -0.15) is 0 Å². The Morgan fingerprint density at radius 3 is 2.44 bits per heavy atom. The molecule has 0 amide bonds. The van der Waals surface area contributed by atoms with Gasteiger partial charge in [-0.3, -0.25) is 0 Å². The SMILES string of the molecule is CC(C)c1ccnc(-c2ccc(CCN)cc2)n1. The summed E-state index contributed by atoms with van der Waals surface area (Å²) in [5.41, 5.74) is 8.92. The molecular formula is C15H19N3. The Hall–Kier alpha value is -1.74. The number of aromatic nitrogens is 2. The number of rotatable bonds is 4. The lowest BCUT2D eigenvalue weighted by molar-refractivity contribution is 0.816. The lowest BCUT2D eigenvalue weighted by Gasteiger charge is -2.07. The first kappa shape index (κ1) is 12.7. The summed E-state index contributed by atoms with van der Waals surface area (Å²) in [6.07, 6.45) is 2.73. The van der Waals surface area contributed by atoms with Crippen LogP contribution < -0.4 is 5.73 Å². The van der Waals surface area contributed by atoms with Gasteiger partial charge in [0, 0.05) is 17.5 Å². The fourth-order valence-corrected chi connectivity index (χ4v) is 1.82. The van der Waals surface area contributed by atoms with Crippen molar-refractivity contribution in [2.75, 3.05) is 6.54 Å². The fourth-order valence-electron chi connectivity index (χ4n) is 1.82. The summed E-state index contributed by atoms with van der Waals surface area (Å²) in [5, 5.41) is 0. The second kappa shape index (κ2) is 5.74. The highest BCUT2D eigenvalue weighted by Gasteiger charge is 2.05. The molecule has 0 saturated carbocycles. The average molecular weight is 241 g/mol. The highest BCUT2D eigenvalue weighted by molar-refractivity contribution is 5.55. The molecule has 0 radical (unpaired) electrons. The molecule has 18 heavy (non-hydrogen) atoms. The van der Waals surface area contributed by atoms with Crippen molar-refractivity contribution in [1.29, 1.82) is 0 Å². The van der Waals surface area contributed by atoms with Gasteiger partial charge >= 0.3 is 0 Å². The Morgan fingerprint density at radius 1 is 1.11 bits per heavy atom. The van der Waals surface area contributed by atoms with Gasteiger partial charge in [0.25, 0.3) is 0 Å². The number of benzene rings is 1. The van der Waals surface area contributed by atoms with Crippen molar-refractivity contribution in [2.24, 2.45) is 5.73 Å². The van der Waals surface area contributed by atoms with Gasteiger partial charge in [0.05, 0.1) is 0 Å². The van der Waals surface area contributed by atoms with Crippen LogP contribution in [-0.2, 0) is 6.42 Å². The van der Waals surface area contributed by atoms with Crippen LogP contribution in [0.4, 0.5) is 0 Å². The Labute approximate surface area is 108 Å². The lowest BCUT2D eigenvalue weighted by atomic mass is 10.1. The second-order valence-corrected chi connectivity index (χ2v) is 4.70. The first-order chi connectivity index (χ1) is 8.70. The standard InChI is InChI=1S/C15H19N3/c1-11(2)14-8-10-17-15(18-14)13-5-3-12(4-6-13)7-9-16/h3-6,8,10-11H,7,9,16H2,1-2H3. The van der Waals surface area contributed by atoms with Crippen molar-refractivity contribution in [3.63, 3.8) is 0 Å². The summed E-state index contributed by atoms with van der Waals surface area (Å²) in [6, 6.07) is 10.3. The van der Waals surface area contributed by atoms with E-state index in [9.17, 15) is 0 Å². The number of nitrogens with zero attached hydrogens (tertiary/aromatic N) is 2. The van der Waals surface area contributed by atoms with Crippen molar-refractivity contribution in [3.05, 3.63) is 47.8 Å². The van der Waals surface area contributed by atoms with Crippen LogP contribution in [0.25, 0.3) is 11.4 Å². The molecular weight excluding hydrogens is 222 g/mol. The molecule has 2 aromatic rings. The molecule has 3 nitrogen and oxygen atoms in total. The smallest absolute Gasteiger partial charge is 0.159 e. The maximum absolute atomic E-state index is 5.54. The van der Waals surface area contributed by atoms with Gasteiger partial charge < -0.3 is 5.73 Å². The van der Waals surface area contributed by atoms with Gasteiger partial charge in [-0.15, -0.1) is 0 Å². The molecule has 2 N–H and O–H groups in total. The van der Waals surface area contributed by atoms with Crippen molar-refractivity contribution in [3.8, 4) is 11.4 Å². The molecule has 0 fully saturated rings. The van der Waals surface area contributed by atoms with Crippen LogP contribution in [0.5, 0.6) is 0 Å². The van der Waals surface area contributed by atoms with Crippen LogP contribution in [0.1, 0.15) is 31.0 Å². The highest BCUT2D eigenvalue weighted by atomic mass is 14.9. The second-order valence-electron chi connectivity index (χ2n) is 4.70. The Kier molecular flexibility index (Phi) is 4.05. The predicted molar refractivity (Wildman–Crippen MR) is 74.3 cm³/mol. The molecule has 0 aliphatic rings. The van der Waals surface area contributed by atoms with E-state index in [0.717, 1.165) is 23.5 Å². The zero-order valence-electron chi connectivity index (χ0n) is 10.9. The maximum Gasteiger partial charge on any atom is 0.159 e. The fraction of sp³-hybridized carbons (Fsp3) is 0.333. The normalized spacial score (nSPS) is 10.9. The van der Waals surface area contributed by atoms with E-state index in [4.69, 9.17) is 5.73 Å². The molecule has 94 valence electrons. The molecule has 0 saturated heterocycles. The molecule has 0 spiro atoms. The van der Waals surface area contributed by atoms with Gasteiger partial charge in [-0.1, -0.05) is 38.1 Å². The van der Waals surface area contributed by atoms with Crippen LogP contribution in [0.15, 0.2) is 36.5 Å². The molecule has 0 aliphatic carbocycles. The highest BCUT2D eigenvalue weighted by Crippen LogP contribution is 2.18. The first-order valence-electron chi connectivity index (χ1n) is 6.33. The van der Waals surface area contributed by atoms with Crippen molar-refractivity contribution < 1.29 is 0 Å². The van der Waals surface area contributed by atoms with E-state index in [-0.39, 0.29) is 0 Å². The number of hydrogen-bond acceptors (Lipinski definition) is 3. The Balaban J connectivity index is 2.28. The summed E-state index contributed by atoms with van der Waals surface area (Å²) in [5.74, 6) is 1.21. The van der Waals surface area contributed by atoms with E-state index in [1.807, 2.05) is 12.3 Å². The lowest BCUT2D eigenvalue weighted by Crippen LogP contribution is -2.02. The van der Waals surface area contributed by atoms with E-state index < -0.39 is 0 Å².